The zero-order valence-electron chi connectivity index (χ0n) is 11.0. The van der Waals surface area contributed by atoms with Crippen LogP contribution in [0.5, 0.6) is 0 Å². The molecule has 0 fully saturated rings. The van der Waals surface area contributed by atoms with Crippen molar-refractivity contribution in [1.29, 1.82) is 0 Å². The van der Waals surface area contributed by atoms with Crippen molar-refractivity contribution in [3.63, 3.8) is 0 Å². The Balaban J connectivity index is 2.25. The van der Waals surface area contributed by atoms with Crippen LogP contribution < -0.4 is 5.32 Å². The molecule has 1 unspecified atom stereocenters. The van der Waals surface area contributed by atoms with Crippen LogP contribution in [0, 0.1) is 6.92 Å². The monoisotopic (exact) mass is 220 g/mol. The van der Waals surface area contributed by atoms with Gasteiger partial charge in [0, 0.05) is 12.6 Å². The standard InChI is InChI=1S/C14H24N2/c1-12-6-5-7-14(10-12)8-9-15-13(2)11-16(3)4/h5-7,10,13,15H,8-9,11H2,1-4H3. The van der Waals surface area contributed by atoms with Crippen molar-refractivity contribution < 1.29 is 0 Å². The van der Waals surface area contributed by atoms with Crippen molar-refractivity contribution in [1.82, 2.24) is 10.2 Å². The van der Waals surface area contributed by atoms with Crippen molar-refractivity contribution in [2.75, 3.05) is 27.2 Å². The van der Waals surface area contributed by atoms with Crippen molar-refractivity contribution in [3.05, 3.63) is 35.4 Å². The molecular formula is C14H24N2. The van der Waals surface area contributed by atoms with Gasteiger partial charge in [-0.3, -0.25) is 0 Å². The number of aryl methyl sites for hydroxylation is 1. The molecule has 1 aromatic carbocycles. The average Bonchev–Trinajstić information content (AvgIpc) is 2.16. The maximum absolute atomic E-state index is 3.54. The minimum Gasteiger partial charge on any atom is -0.313 e. The molecule has 1 aromatic rings. The van der Waals surface area contributed by atoms with Gasteiger partial charge in [-0.2, -0.15) is 0 Å². The number of nitrogens with one attached hydrogen (secondary N) is 1. The Morgan fingerprint density at radius 3 is 2.69 bits per heavy atom. The van der Waals surface area contributed by atoms with Crippen molar-refractivity contribution in [2.24, 2.45) is 0 Å². The van der Waals surface area contributed by atoms with E-state index in [4.69, 9.17) is 0 Å². The van der Waals surface area contributed by atoms with E-state index in [-0.39, 0.29) is 0 Å². The fourth-order valence-corrected chi connectivity index (χ4v) is 1.94. The zero-order valence-corrected chi connectivity index (χ0v) is 11.0. The van der Waals surface area contributed by atoms with E-state index < -0.39 is 0 Å². The van der Waals surface area contributed by atoms with Crippen LogP contribution in [-0.2, 0) is 6.42 Å². The Bertz CT molecular complexity index is 307. The third-order valence-corrected chi connectivity index (χ3v) is 2.63. The lowest BCUT2D eigenvalue weighted by molar-refractivity contribution is 0.351. The van der Waals surface area contributed by atoms with Crippen LogP contribution in [0.3, 0.4) is 0 Å². The van der Waals surface area contributed by atoms with Gasteiger partial charge in [0.2, 0.25) is 0 Å². The highest BCUT2D eigenvalue weighted by Crippen LogP contribution is 2.04. The smallest absolute Gasteiger partial charge is 0.0166 e. The fourth-order valence-electron chi connectivity index (χ4n) is 1.94. The summed E-state index contributed by atoms with van der Waals surface area (Å²) in [6, 6.07) is 9.29. The van der Waals surface area contributed by atoms with Gasteiger partial charge in [0.1, 0.15) is 0 Å². The predicted octanol–water partition coefficient (Wildman–Crippen LogP) is 2.08. The van der Waals surface area contributed by atoms with Crippen LogP contribution in [-0.4, -0.2) is 38.1 Å². The molecule has 0 aliphatic carbocycles. The third-order valence-electron chi connectivity index (χ3n) is 2.63. The number of rotatable bonds is 6. The first-order valence-corrected chi connectivity index (χ1v) is 6.01. The second kappa shape index (κ2) is 6.66. The Morgan fingerprint density at radius 2 is 2.06 bits per heavy atom. The summed E-state index contributed by atoms with van der Waals surface area (Å²) in [6.45, 7) is 6.52. The summed E-state index contributed by atoms with van der Waals surface area (Å²) < 4.78 is 0. The molecule has 0 heterocycles. The van der Waals surface area contributed by atoms with Gasteiger partial charge >= 0.3 is 0 Å². The molecule has 1 atom stereocenters. The molecule has 0 spiro atoms. The van der Waals surface area contributed by atoms with Crippen LogP contribution >= 0.6 is 0 Å². The Hall–Kier alpha value is -0.860. The molecule has 90 valence electrons. The normalized spacial score (nSPS) is 13.1. The van der Waals surface area contributed by atoms with Gasteiger partial charge < -0.3 is 10.2 Å². The van der Waals surface area contributed by atoms with Crippen LogP contribution in [0.1, 0.15) is 18.1 Å². The summed E-state index contributed by atoms with van der Waals surface area (Å²) in [7, 11) is 4.22. The topological polar surface area (TPSA) is 15.3 Å². The van der Waals surface area contributed by atoms with Crippen molar-refractivity contribution >= 4 is 0 Å². The van der Waals surface area contributed by atoms with E-state index in [0.29, 0.717) is 6.04 Å². The van der Waals surface area contributed by atoms with E-state index >= 15 is 0 Å². The third kappa shape index (κ3) is 5.29. The number of likely N-dealkylation sites (N-methyl/N-ethyl adjacent to an activating group) is 1. The van der Waals surface area contributed by atoms with Gasteiger partial charge in [0.15, 0.2) is 0 Å². The first-order chi connectivity index (χ1) is 7.58. The minimum absolute atomic E-state index is 0.555. The highest BCUT2D eigenvalue weighted by molar-refractivity contribution is 5.22. The average molecular weight is 220 g/mol. The summed E-state index contributed by atoms with van der Waals surface area (Å²) in [4.78, 5) is 2.21. The summed E-state index contributed by atoms with van der Waals surface area (Å²) in [6.07, 6.45) is 1.11. The molecule has 0 amide bonds. The van der Waals surface area contributed by atoms with Gasteiger partial charge in [0.25, 0.3) is 0 Å². The quantitative estimate of drug-likeness (QED) is 0.789. The number of hydrogen-bond acceptors (Lipinski definition) is 2. The molecule has 2 heteroatoms. The van der Waals surface area contributed by atoms with E-state index in [1.165, 1.54) is 11.1 Å². The molecule has 16 heavy (non-hydrogen) atoms. The predicted molar refractivity (Wildman–Crippen MR) is 70.9 cm³/mol. The van der Waals surface area contributed by atoms with E-state index in [9.17, 15) is 0 Å². The second-order valence-corrected chi connectivity index (χ2v) is 4.86. The summed E-state index contributed by atoms with van der Waals surface area (Å²) in [5.74, 6) is 0. The molecule has 0 saturated carbocycles. The molecular weight excluding hydrogens is 196 g/mol. The van der Waals surface area contributed by atoms with Crippen LogP contribution in [0.25, 0.3) is 0 Å². The second-order valence-electron chi connectivity index (χ2n) is 4.86. The molecule has 2 nitrogen and oxygen atoms in total. The Labute approximate surface area is 99.7 Å². The number of hydrogen-bond donors (Lipinski definition) is 1. The number of benzene rings is 1. The maximum Gasteiger partial charge on any atom is 0.0166 e. The van der Waals surface area contributed by atoms with Crippen LogP contribution in [0.15, 0.2) is 24.3 Å². The van der Waals surface area contributed by atoms with E-state index in [1.807, 2.05) is 0 Å². The highest BCUT2D eigenvalue weighted by Gasteiger charge is 2.02. The summed E-state index contributed by atoms with van der Waals surface area (Å²) in [5, 5.41) is 3.54. The van der Waals surface area contributed by atoms with E-state index in [2.05, 4.69) is 62.4 Å². The largest absolute Gasteiger partial charge is 0.313 e. The first kappa shape index (κ1) is 13.2. The van der Waals surface area contributed by atoms with Gasteiger partial charge in [-0.1, -0.05) is 29.8 Å². The molecule has 1 rings (SSSR count). The molecule has 0 bridgehead atoms. The lowest BCUT2D eigenvalue weighted by atomic mass is 10.1. The number of nitrogens with zero attached hydrogens (tertiary/aromatic N) is 1. The highest BCUT2D eigenvalue weighted by atomic mass is 15.1. The van der Waals surface area contributed by atoms with Gasteiger partial charge in [-0.05, 0) is 46.5 Å². The lowest BCUT2D eigenvalue weighted by Crippen LogP contribution is -2.36. The first-order valence-electron chi connectivity index (χ1n) is 6.01. The molecule has 0 saturated heterocycles. The maximum atomic E-state index is 3.54. The molecule has 0 radical (unpaired) electrons. The zero-order chi connectivity index (χ0) is 12.0. The van der Waals surface area contributed by atoms with Gasteiger partial charge in [0.05, 0.1) is 0 Å². The fraction of sp³-hybridized carbons (Fsp3) is 0.571. The molecule has 0 aliphatic heterocycles. The minimum atomic E-state index is 0.555. The Morgan fingerprint density at radius 1 is 1.31 bits per heavy atom. The summed E-state index contributed by atoms with van der Waals surface area (Å²) in [5.41, 5.74) is 2.77. The van der Waals surface area contributed by atoms with Crippen LogP contribution in [0.2, 0.25) is 0 Å². The van der Waals surface area contributed by atoms with Crippen LogP contribution in [0.4, 0.5) is 0 Å². The Kier molecular flexibility index (Phi) is 5.50. The summed E-state index contributed by atoms with van der Waals surface area (Å²) >= 11 is 0. The van der Waals surface area contributed by atoms with E-state index in [1.54, 1.807) is 0 Å². The van der Waals surface area contributed by atoms with Gasteiger partial charge in [-0.25, -0.2) is 0 Å². The molecule has 1 N–H and O–H groups in total. The lowest BCUT2D eigenvalue weighted by Gasteiger charge is -2.18. The van der Waals surface area contributed by atoms with E-state index in [0.717, 1.165) is 19.5 Å². The van der Waals surface area contributed by atoms with Crippen molar-refractivity contribution in [3.8, 4) is 0 Å². The SMILES string of the molecule is Cc1cccc(CCNC(C)CN(C)C)c1. The molecule has 0 aromatic heterocycles. The van der Waals surface area contributed by atoms with Gasteiger partial charge in [-0.15, -0.1) is 0 Å². The molecule has 0 aliphatic rings. The van der Waals surface area contributed by atoms with Crippen molar-refractivity contribution in [2.45, 2.75) is 26.3 Å².